The molecular formula is C56H96N2O6S. The smallest absolute Gasteiger partial charge is 0.378 e. The Bertz CT molecular complexity index is 1480. The summed E-state index contributed by atoms with van der Waals surface area (Å²) in [6, 6.07) is 17.2. The van der Waals surface area contributed by atoms with Crippen molar-refractivity contribution in [3.05, 3.63) is 70.8 Å². The number of hydrogen-bond acceptors (Lipinski definition) is 8. The summed E-state index contributed by atoms with van der Waals surface area (Å²) in [4.78, 5) is 4.64. The van der Waals surface area contributed by atoms with Crippen molar-refractivity contribution in [2.45, 2.75) is 220 Å². The number of rotatable bonds is 40. The third kappa shape index (κ3) is 24.3. The summed E-state index contributed by atoms with van der Waals surface area (Å²) in [5.74, 6) is 0.947. The molecular weight excluding hydrogens is 829 g/mol. The van der Waals surface area contributed by atoms with Crippen molar-refractivity contribution in [1.82, 2.24) is 9.80 Å². The minimum absolute atomic E-state index is 0.213. The van der Waals surface area contributed by atoms with Gasteiger partial charge in [0.25, 0.3) is 0 Å². The first kappa shape index (κ1) is 55.7. The molecule has 2 aliphatic heterocycles. The van der Waals surface area contributed by atoms with Crippen LogP contribution in [0.15, 0.2) is 48.5 Å². The van der Waals surface area contributed by atoms with E-state index in [1.807, 2.05) is 0 Å². The van der Waals surface area contributed by atoms with E-state index in [0.29, 0.717) is 38.1 Å². The monoisotopic (exact) mass is 925 g/mol. The molecule has 0 radical (unpaired) electrons. The van der Waals surface area contributed by atoms with Crippen LogP contribution in [-0.2, 0) is 54.2 Å². The van der Waals surface area contributed by atoms with Crippen LogP contribution in [0, 0.1) is 11.8 Å². The number of fused-ring (bicyclic) bond motifs is 2. The van der Waals surface area contributed by atoms with Gasteiger partial charge in [-0.25, -0.2) is 8.37 Å². The van der Waals surface area contributed by atoms with Gasteiger partial charge in [-0.1, -0.05) is 205 Å². The molecule has 9 heteroatoms. The predicted octanol–water partition coefficient (Wildman–Crippen LogP) is 13.8. The Morgan fingerprint density at radius 3 is 1.14 bits per heavy atom. The normalized spacial score (nSPS) is 16.6. The number of unbranched alkanes of at least 4 members (excludes halogenated alkanes) is 16. The highest BCUT2D eigenvalue weighted by atomic mass is 32.3. The average molecular weight is 925 g/mol. The third-order valence-corrected chi connectivity index (χ3v) is 15.0. The molecule has 0 N–H and O–H groups in total. The lowest BCUT2D eigenvalue weighted by molar-refractivity contribution is -0.0136. The molecule has 2 aliphatic rings. The maximum Gasteiger partial charge on any atom is 0.400 e. The Kier molecular flexibility index (Phi) is 29.5. The zero-order valence-corrected chi connectivity index (χ0v) is 43.0. The molecule has 8 nitrogen and oxygen atoms in total. The first-order chi connectivity index (χ1) is 31.8. The number of ether oxygens (including phenoxy) is 2. The molecule has 2 aromatic carbocycles. The van der Waals surface area contributed by atoms with Crippen LogP contribution >= 0.6 is 0 Å². The highest BCUT2D eigenvalue weighted by Crippen LogP contribution is 2.25. The van der Waals surface area contributed by atoms with Gasteiger partial charge in [0.1, 0.15) is 12.2 Å². The van der Waals surface area contributed by atoms with E-state index in [2.05, 4.69) is 86.0 Å². The van der Waals surface area contributed by atoms with E-state index >= 15 is 0 Å². The average Bonchev–Trinajstić information content (AvgIpc) is 3.30. The Hall–Kier alpha value is -1.85. The molecule has 372 valence electrons. The maximum absolute atomic E-state index is 14.2. The van der Waals surface area contributed by atoms with Crippen LogP contribution in [0.5, 0.6) is 0 Å². The van der Waals surface area contributed by atoms with Gasteiger partial charge in [0, 0.05) is 52.5 Å². The van der Waals surface area contributed by atoms with Gasteiger partial charge >= 0.3 is 10.4 Å². The van der Waals surface area contributed by atoms with Crippen molar-refractivity contribution in [3.63, 3.8) is 0 Å². The Morgan fingerprint density at radius 1 is 0.446 bits per heavy atom. The van der Waals surface area contributed by atoms with Crippen LogP contribution in [0.3, 0.4) is 0 Å². The molecule has 0 amide bonds. The molecule has 65 heavy (non-hydrogen) atoms. The molecule has 2 aromatic rings. The Labute approximate surface area is 400 Å². The lowest BCUT2D eigenvalue weighted by Gasteiger charge is -2.33. The molecule has 4 atom stereocenters. The van der Waals surface area contributed by atoms with Crippen LogP contribution in [0.4, 0.5) is 0 Å². The highest BCUT2D eigenvalue weighted by molar-refractivity contribution is 7.81. The quantitative estimate of drug-likeness (QED) is 0.0612. The lowest BCUT2D eigenvalue weighted by atomic mass is 9.95. The second-order valence-corrected chi connectivity index (χ2v) is 21.2. The predicted molar refractivity (Wildman–Crippen MR) is 272 cm³/mol. The Balaban J connectivity index is 1.44. The van der Waals surface area contributed by atoms with Crippen LogP contribution in [0.25, 0.3) is 0 Å². The molecule has 0 aliphatic carbocycles. The second-order valence-electron chi connectivity index (χ2n) is 20.0. The molecule has 0 fully saturated rings. The first-order valence-corrected chi connectivity index (χ1v) is 28.5. The molecule has 4 rings (SSSR count). The van der Waals surface area contributed by atoms with E-state index in [-0.39, 0.29) is 13.2 Å². The first-order valence-electron chi connectivity index (χ1n) is 27.2. The van der Waals surface area contributed by atoms with Crippen LogP contribution in [0.1, 0.15) is 204 Å². The van der Waals surface area contributed by atoms with Crippen molar-refractivity contribution < 1.29 is 26.3 Å². The van der Waals surface area contributed by atoms with Gasteiger partial charge in [-0.3, -0.25) is 9.80 Å². The summed E-state index contributed by atoms with van der Waals surface area (Å²) in [7, 11) is -4.41. The second kappa shape index (κ2) is 34.4. The van der Waals surface area contributed by atoms with Gasteiger partial charge in [-0.05, 0) is 72.6 Å². The lowest BCUT2D eigenvalue weighted by Crippen LogP contribution is -2.43. The summed E-state index contributed by atoms with van der Waals surface area (Å²) in [6.07, 6.45) is 30.5. The van der Waals surface area contributed by atoms with E-state index in [4.69, 9.17) is 17.8 Å². The van der Waals surface area contributed by atoms with Gasteiger partial charge in [0.15, 0.2) is 0 Å². The van der Waals surface area contributed by atoms with Crippen molar-refractivity contribution >= 4 is 10.4 Å². The van der Waals surface area contributed by atoms with Crippen molar-refractivity contribution in [2.24, 2.45) is 11.8 Å². The van der Waals surface area contributed by atoms with Crippen LogP contribution in [0.2, 0.25) is 0 Å². The van der Waals surface area contributed by atoms with Gasteiger partial charge in [-0.15, -0.1) is 0 Å². The van der Waals surface area contributed by atoms with Crippen molar-refractivity contribution in [2.75, 3.05) is 52.6 Å². The number of benzene rings is 2. The summed E-state index contributed by atoms with van der Waals surface area (Å²) in [6.45, 7) is 14.9. The van der Waals surface area contributed by atoms with Gasteiger partial charge in [0.2, 0.25) is 0 Å². The van der Waals surface area contributed by atoms with Gasteiger partial charge in [-0.2, -0.15) is 8.42 Å². The minimum Gasteiger partial charge on any atom is -0.378 e. The fraction of sp³-hybridized carbons (Fsp3) is 0.786. The zero-order valence-electron chi connectivity index (χ0n) is 42.1. The molecule has 0 saturated heterocycles. The zero-order chi connectivity index (χ0) is 46.2. The molecule has 0 saturated carbocycles. The summed E-state index contributed by atoms with van der Waals surface area (Å²) < 4.78 is 53.8. The largest absolute Gasteiger partial charge is 0.400 e. The molecule has 2 heterocycles. The summed E-state index contributed by atoms with van der Waals surface area (Å²) in [5.41, 5.74) is 5.33. The maximum atomic E-state index is 14.2. The van der Waals surface area contributed by atoms with Gasteiger partial charge in [0.05, 0.1) is 13.2 Å². The van der Waals surface area contributed by atoms with E-state index in [1.165, 1.54) is 151 Å². The fourth-order valence-corrected chi connectivity index (χ4v) is 11.0. The molecule has 4 unspecified atom stereocenters. The minimum atomic E-state index is -4.41. The van der Waals surface area contributed by atoms with E-state index in [0.717, 1.165) is 64.7 Å². The standard InChI is InChI=1S/C56H96N2O6S/c1-5-9-13-17-19-23-31-49(29-21-15-11-7-3)45-61-47-55(43-57-39-37-51-33-25-27-35-53(51)41-57)63-65(59,60)64-56(44-58-40-38-52-34-26-28-36-54(52)42-58)48-62-46-50(30-22-16-12-8-4)32-24-20-18-14-10-6-2/h25-28,33-36,49-50,55-56H,5-24,29-32,37-48H2,1-4H3. The topological polar surface area (TPSA) is 77.5 Å². The summed E-state index contributed by atoms with van der Waals surface area (Å²) >= 11 is 0. The molecule has 0 bridgehead atoms. The van der Waals surface area contributed by atoms with E-state index < -0.39 is 22.6 Å². The van der Waals surface area contributed by atoms with Crippen molar-refractivity contribution in [3.8, 4) is 0 Å². The van der Waals surface area contributed by atoms with E-state index in [9.17, 15) is 8.42 Å². The van der Waals surface area contributed by atoms with Crippen molar-refractivity contribution in [1.29, 1.82) is 0 Å². The molecule has 0 spiro atoms. The van der Waals surface area contributed by atoms with Crippen LogP contribution in [-0.4, -0.2) is 83.0 Å². The van der Waals surface area contributed by atoms with E-state index in [1.54, 1.807) is 0 Å². The Morgan fingerprint density at radius 2 is 0.769 bits per heavy atom. The molecule has 0 aromatic heterocycles. The third-order valence-electron chi connectivity index (χ3n) is 14.0. The highest BCUT2D eigenvalue weighted by Gasteiger charge is 2.30. The summed E-state index contributed by atoms with van der Waals surface area (Å²) in [5, 5.41) is 0. The fourth-order valence-electron chi connectivity index (χ4n) is 10.1. The van der Waals surface area contributed by atoms with Crippen LogP contribution < -0.4 is 0 Å². The number of hydrogen-bond donors (Lipinski definition) is 0. The number of nitrogens with zero attached hydrogens (tertiary/aromatic N) is 2. The van der Waals surface area contributed by atoms with Gasteiger partial charge < -0.3 is 9.47 Å². The SMILES string of the molecule is CCCCCCCCC(CCCCCC)COCC(CN1CCc2ccccc2C1)OS(=O)(=O)OC(COCC(CCCCCC)CCCCCCCC)CN1CCc2ccccc2C1.